The van der Waals surface area contributed by atoms with Gasteiger partial charge in [-0.1, -0.05) is 18.2 Å². The molecule has 5 nitrogen and oxygen atoms in total. The highest BCUT2D eigenvalue weighted by Gasteiger charge is 2.12. The van der Waals surface area contributed by atoms with Gasteiger partial charge < -0.3 is 13.7 Å². The molecule has 3 aromatic heterocycles. The molecule has 0 atom stereocenters. The Kier molecular flexibility index (Phi) is 5.34. The van der Waals surface area contributed by atoms with Crippen molar-refractivity contribution >= 4 is 11.3 Å². The van der Waals surface area contributed by atoms with E-state index in [1.165, 1.54) is 5.56 Å². The van der Waals surface area contributed by atoms with Gasteiger partial charge in [-0.05, 0) is 48.9 Å². The number of oxazole rings is 1. The van der Waals surface area contributed by atoms with Crippen LogP contribution in [0.3, 0.4) is 0 Å². The van der Waals surface area contributed by atoms with E-state index in [9.17, 15) is 0 Å². The molecule has 4 aromatic rings. The van der Waals surface area contributed by atoms with Gasteiger partial charge in [0.15, 0.2) is 0 Å². The first kappa shape index (κ1) is 17.5. The monoisotopic (exact) mass is 379 g/mol. The normalized spacial score (nSPS) is 11.0. The summed E-state index contributed by atoms with van der Waals surface area (Å²) in [6.07, 6.45) is 7.77. The van der Waals surface area contributed by atoms with E-state index in [2.05, 4.69) is 26.7 Å². The summed E-state index contributed by atoms with van der Waals surface area (Å²) in [5.41, 5.74) is 2.14. The van der Waals surface area contributed by atoms with E-state index in [0.717, 1.165) is 41.5 Å². The minimum Gasteiger partial charge on any atom is -0.487 e. The summed E-state index contributed by atoms with van der Waals surface area (Å²) >= 11 is 1.62. The van der Waals surface area contributed by atoms with Crippen molar-refractivity contribution in [3.8, 4) is 16.5 Å². The highest BCUT2D eigenvalue weighted by molar-refractivity contribution is 7.13. The fraction of sp³-hybridized carbons (Fsp3) is 0.238. The summed E-state index contributed by atoms with van der Waals surface area (Å²) in [5, 5.41) is 2.02. The smallest absolute Gasteiger partial charge is 0.236 e. The topological polar surface area (TPSA) is 53.1 Å². The van der Waals surface area contributed by atoms with Gasteiger partial charge in [-0.15, -0.1) is 11.3 Å². The Morgan fingerprint density at radius 2 is 2.07 bits per heavy atom. The van der Waals surface area contributed by atoms with Crippen LogP contribution < -0.4 is 4.74 Å². The van der Waals surface area contributed by atoms with Crippen LogP contribution in [0.15, 0.2) is 64.9 Å². The van der Waals surface area contributed by atoms with Crippen molar-refractivity contribution in [3.63, 3.8) is 0 Å². The van der Waals surface area contributed by atoms with Crippen LogP contribution in [0.2, 0.25) is 0 Å². The quantitative estimate of drug-likeness (QED) is 0.426. The zero-order chi connectivity index (χ0) is 18.5. The van der Waals surface area contributed by atoms with E-state index in [-0.39, 0.29) is 0 Å². The molecule has 0 aliphatic rings. The number of benzene rings is 1. The van der Waals surface area contributed by atoms with Crippen LogP contribution in [-0.4, -0.2) is 14.5 Å². The highest BCUT2D eigenvalue weighted by Crippen LogP contribution is 2.26. The maximum absolute atomic E-state index is 5.89. The largest absolute Gasteiger partial charge is 0.487 e. The van der Waals surface area contributed by atoms with E-state index >= 15 is 0 Å². The summed E-state index contributed by atoms with van der Waals surface area (Å²) < 4.78 is 13.7. The van der Waals surface area contributed by atoms with Gasteiger partial charge in [0.1, 0.15) is 23.8 Å². The van der Waals surface area contributed by atoms with E-state index in [1.807, 2.05) is 55.3 Å². The van der Waals surface area contributed by atoms with Gasteiger partial charge in [-0.3, -0.25) is 0 Å². The fourth-order valence-electron chi connectivity index (χ4n) is 2.86. The van der Waals surface area contributed by atoms with Crippen molar-refractivity contribution in [1.82, 2.24) is 14.5 Å². The zero-order valence-electron chi connectivity index (χ0n) is 15.2. The molecule has 27 heavy (non-hydrogen) atoms. The lowest BCUT2D eigenvalue weighted by Gasteiger charge is -2.07. The van der Waals surface area contributed by atoms with E-state index < -0.39 is 0 Å². The minimum atomic E-state index is 0.403. The molecule has 6 heteroatoms. The number of nitrogens with zero attached hydrogens (tertiary/aromatic N) is 3. The molecule has 0 fully saturated rings. The Balaban J connectivity index is 1.30. The minimum absolute atomic E-state index is 0.403. The lowest BCUT2D eigenvalue weighted by Crippen LogP contribution is -1.98. The van der Waals surface area contributed by atoms with Crippen molar-refractivity contribution in [1.29, 1.82) is 0 Å². The second kappa shape index (κ2) is 8.22. The summed E-state index contributed by atoms with van der Waals surface area (Å²) in [5.74, 6) is 2.30. The predicted octanol–water partition coefficient (Wildman–Crippen LogP) is 5.12. The summed E-state index contributed by atoms with van der Waals surface area (Å²) in [4.78, 5) is 9.66. The van der Waals surface area contributed by atoms with Gasteiger partial charge >= 0.3 is 0 Å². The first-order valence-corrected chi connectivity index (χ1v) is 9.83. The molecule has 0 aliphatic heterocycles. The standard InChI is InChI=1S/C21H21N3O2S/c1-16-19(23-21(26-16)20-5-3-13-27-20)14-25-18-8-6-17(7-9-18)4-2-11-24-12-10-22-15-24/h3,5-10,12-13,15H,2,4,11,14H2,1H3. The Morgan fingerprint density at radius 1 is 1.19 bits per heavy atom. The number of aryl methyl sites for hydroxylation is 3. The molecule has 0 unspecified atom stereocenters. The average molecular weight is 379 g/mol. The second-order valence-corrected chi connectivity index (χ2v) is 7.28. The van der Waals surface area contributed by atoms with Crippen molar-refractivity contribution < 1.29 is 9.15 Å². The molecule has 0 aliphatic carbocycles. The maximum atomic E-state index is 5.89. The maximum Gasteiger partial charge on any atom is 0.236 e. The molecule has 0 saturated heterocycles. The molecule has 3 heterocycles. The number of hydrogen-bond acceptors (Lipinski definition) is 5. The van der Waals surface area contributed by atoms with Crippen LogP contribution in [0.4, 0.5) is 0 Å². The molecule has 1 aromatic carbocycles. The Hall–Kier alpha value is -2.86. The van der Waals surface area contributed by atoms with Gasteiger partial charge in [0.05, 0.1) is 11.2 Å². The molecule has 0 saturated carbocycles. The Labute approximate surface area is 162 Å². The zero-order valence-corrected chi connectivity index (χ0v) is 16.0. The lowest BCUT2D eigenvalue weighted by atomic mass is 10.1. The number of imidazole rings is 1. The average Bonchev–Trinajstić information content (AvgIpc) is 3.43. The van der Waals surface area contributed by atoms with Crippen LogP contribution in [0.1, 0.15) is 23.4 Å². The molecule has 0 N–H and O–H groups in total. The molecule has 0 radical (unpaired) electrons. The first-order valence-electron chi connectivity index (χ1n) is 8.95. The summed E-state index contributed by atoms with van der Waals surface area (Å²) in [6, 6.07) is 12.3. The van der Waals surface area contributed by atoms with E-state index in [4.69, 9.17) is 9.15 Å². The van der Waals surface area contributed by atoms with Crippen molar-refractivity contribution in [2.24, 2.45) is 0 Å². The Morgan fingerprint density at radius 3 is 2.81 bits per heavy atom. The second-order valence-electron chi connectivity index (χ2n) is 6.34. The van der Waals surface area contributed by atoms with Gasteiger partial charge in [-0.25, -0.2) is 9.97 Å². The molecule has 0 bridgehead atoms. The predicted molar refractivity (Wildman–Crippen MR) is 106 cm³/mol. The van der Waals surface area contributed by atoms with Gasteiger partial charge in [0.2, 0.25) is 5.89 Å². The van der Waals surface area contributed by atoms with Crippen molar-refractivity contribution in [3.05, 3.63) is 77.5 Å². The van der Waals surface area contributed by atoms with E-state index in [1.54, 1.807) is 11.3 Å². The van der Waals surface area contributed by atoms with Crippen LogP contribution in [0.25, 0.3) is 10.8 Å². The molecule has 4 rings (SSSR count). The SMILES string of the molecule is Cc1oc(-c2cccs2)nc1COc1ccc(CCCn2ccnc2)cc1. The van der Waals surface area contributed by atoms with Crippen LogP contribution in [0.5, 0.6) is 5.75 Å². The van der Waals surface area contributed by atoms with Gasteiger partial charge in [-0.2, -0.15) is 0 Å². The number of aromatic nitrogens is 3. The highest BCUT2D eigenvalue weighted by atomic mass is 32.1. The van der Waals surface area contributed by atoms with Gasteiger partial charge in [0, 0.05) is 18.9 Å². The molecular weight excluding hydrogens is 358 g/mol. The first-order chi connectivity index (χ1) is 13.3. The number of hydrogen-bond donors (Lipinski definition) is 0. The third-order valence-corrected chi connectivity index (χ3v) is 5.22. The molecular formula is C21H21N3O2S. The third kappa shape index (κ3) is 4.46. The molecule has 0 amide bonds. The number of thiophene rings is 1. The summed E-state index contributed by atoms with van der Waals surface area (Å²) in [6.45, 7) is 3.31. The van der Waals surface area contributed by atoms with Crippen molar-refractivity contribution in [2.75, 3.05) is 0 Å². The van der Waals surface area contributed by atoms with E-state index in [0.29, 0.717) is 12.5 Å². The Bertz CT molecular complexity index is 958. The fourth-order valence-corrected chi connectivity index (χ4v) is 3.51. The summed E-state index contributed by atoms with van der Waals surface area (Å²) in [7, 11) is 0. The lowest BCUT2D eigenvalue weighted by molar-refractivity contribution is 0.299. The van der Waals surface area contributed by atoms with Gasteiger partial charge in [0.25, 0.3) is 0 Å². The van der Waals surface area contributed by atoms with Crippen LogP contribution in [0, 0.1) is 6.92 Å². The number of ether oxygens (including phenoxy) is 1. The van der Waals surface area contributed by atoms with Crippen LogP contribution in [-0.2, 0) is 19.6 Å². The molecule has 138 valence electrons. The molecule has 0 spiro atoms. The van der Waals surface area contributed by atoms with Crippen LogP contribution >= 0.6 is 11.3 Å². The van der Waals surface area contributed by atoms with Crippen molar-refractivity contribution in [2.45, 2.75) is 32.9 Å². The number of rotatable bonds is 8. The third-order valence-electron chi connectivity index (χ3n) is 4.36.